The third-order valence-electron chi connectivity index (χ3n) is 2.73. The largest absolute Gasteiger partial charge is 0.490 e. The molecule has 0 aliphatic carbocycles. The van der Waals surface area contributed by atoms with E-state index in [0.29, 0.717) is 5.75 Å². The summed E-state index contributed by atoms with van der Waals surface area (Å²) >= 11 is 0. The van der Waals surface area contributed by atoms with Gasteiger partial charge in [0.15, 0.2) is 0 Å². The maximum atomic E-state index is 10.9. The van der Waals surface area contributed by atoms with Gasteiger partial charge in [0.2, 0.25) is 5.91 Å². The summed E-state index contributed by atoms with van der Waals surface area (Å²) in [6, 6.07) is 13.4. The van der Waals surface area contributed by atoms with Gasteiger partial charge >= 0.3 is 0 Å². The molecule has 5 heteroatoms. The molecule has 0 aliphatic rings. The molecule has 1 unspecified atom stereocenters. The van der Waals surface area contributed by atoms with Crippen molar-refractivity contribution in [3.63, 3.8) is 0 Å². The molecule has 1 amide bonds. The smallest absolute Gasteiger partial charge is 0.246 e. The molecule has 5 nitrogen and oxygen atoms in total. The molecule has 0 fully saturated rings. The lowest BCUT2D eigenvalue weighted by molar-refractivity contribution is -0.131. The average Bonchev–Trinajstić information content (AvgIpc) is 2.44. The quantitative estimate of drug-likeness (QED) is 0.562. The molecular formula is C14H15NO4. The van der Waals surface area contributed by atoms with Gasteiger partial charge in [-0.25, -0.2) is 5.48 Å². The zero-order chi connectivity index (χ0) is 13.7. The van der Waals surface area contributed by atoms with Crippen molar-refractivity contribution in [1.29, 1.82) is 0 Å². The molecule has 0 aromatic heterocycles. The number of rotatable bonds is 5. The van der Waals surface area contributed by atoms with Crippen molar-refractivity contribution in [1.82, 2.24) is 5.48 Å². The number of carbonyl (C=O) groups is 1. The Hall–Kier alpha value is -2.11. The zero-order valence-corrected chi connectivity index (χ0v) is 10.2. The number of aliphatic hydroxyl groups is 1. The number of amides is 1. The second kappa shape index (κ2) is 6.17. The van der Waals surface area contributed by atoms with Crippen LogP contribution in [-0.4, -0.2) is 28.9 Å². The van der Waals surface area contributed by atoms with E-state index < -0.39 is 12.0 Å². The Morgan fingerprint density at radius 2 is 1.95 bits per heavy atom. The number of hydrogen-bond acceptors (Lipinski definition) is 4. The van der Waals surface area contributed by atoms with Gasteiger partial charge in [0.1, 0.15) is 12.4 Å². The van der Waals surface area contributed by atoms with E-state index in [2.05, 4.69) is 0 Å². The van der Waals surface area contributed by atoms with E-state index in [4.69, 9.17) is 9.94 Å². The summed E-state index contributed by atoms with van der Waals surface area (Å²) in [5, 5.41) is 19.9. The lowest BCUT2D eigenvalue weighted by Crippen LogP contribution is -2.28. The molecule has 100 valence electrons. The number of ether oxygens (including phenoxy) is 1. The van der Waals surface area contributed by atoms with Gasteiger partial charge in [0, 0.05) is 5.39 Å². The van der Waals surface area contributed by atoms with Crippen molar-refractivity contribution in [3.8, 4) is 5.75 Å². The molecule has 3 N–H and O–H groups in total. The first-order chi connectivity index (χ1) is 9.20. The third-order valence-corrected chi connectivity index (χ3v) is 2.73. The van der Waals surface area contributed by atoms with Gasteiger partial charge in [-0.05, 0) is 11.5 Å². The number of hydroxylamine groups is 1. The summed E-state index contributed by atoms with van der Waals surface area (Å²) in [5.74, 6) is 0.00979. The predicted molar refractivity (Wildman–Crippen MR) is 70.0 cm³/mol. The van der Waals surface area contributed by atoms with Crippen molar-refractivity contribution in [2.45, 2.75) is 12.5 Å². The van der Waals surface area contributed by atoms with Crippen molar-refractivity contribution >= 4 is 16.7 Å². The Bertz CT molecular complexity index is 565. The van der Waals surface area contributed by atoms with Gasteiger partial charge in [-0.15, -0.1) is 0 Å². The van der Waals surface area contributed by atoms with E-state index >= 15 is 0 Å². The van der Waals surface area contributed by atoms with Crippen LogP contribution in [0.2, 0.25) is 0 Å². The maximum absolute atomic E-state index is 10.9. The first-order valence-electron chi connectivity index (χ1n) is 5.92. The monoisotopic (exact) mass is 261 g/mol. The van der Waals surface area contributed by atoms with Crippen molar-refractivity contribution in [3.05, 3.63) is 42.5 Å². The van der Waals surface area contributed by atoms with Crippen LogP contribution in [0.15, 0.2) is 42.5 Å². The van der Waals surface area contributed by atoms with Crippen LogP contribution >= 0.6 is 0 Å². The maximum Gasteiger partial charge on any atom is 0.246 e. The van der Waals surface area contributed by atoms with Crippen molar-refractivity contribution in [2.24, 2.45) is 0 Å². The van der Waals surface area contributed by atoms with Crippen LogP contribution in [0, 0.1) is 0 Å². The zero-order valence-electron chi connectivity index (χ0n) is 10.2. The van der Waals surface area contributed by atoms with Gasteiger partial charge in [-0.3, -0.25) is 10.0 Å². The van der Waals surface area contributed by atoms with Crippen LogP contribution in [0.25, 0.3) is 10.8 Å². The number of fused-ring (bicyclic) bond motifs is 1. The highest BCUT2D eigenvalue weighted by Crippen LogP contribution is 2.25. The van der Waals surface area contributed by atoms with Crippen LogP contribution in [0.4, 0.5) is 0 Å². The average molecular weight is 261 g/mol. The molecule has 0 spiro atoms. The van der Waals surface area contributed by atoms with Crippen LogP contribution < -0.4 is 10.2 Å². The summed E-state index contributed by atoms with van der Waals surface area (Å²) in [4.78, 5) is 10.9. The SMILES string of the molecule is O=C(CC(O)COc1cccc2ccccc12)NO. The summed E-state index contributed by atoms with van der Waals surface area (Å²) in [7, 11) is 0. The first-order valence-corrected chi connectivity index (χ1v) is 5.92. The second-order valence-electron chi connectivity index (χ2n) is 4.18. The van der Waals surface area contributed by atoms with E-state index in [1.807, 2.05) is 36.4 Å². The minimum Gasteiger partial charge on any atom is -0.490 e. The molecule has 0 saturated heterocycles. The second-order valence-corrected chi connectivity index (χ2v) is 4.18. The van der Waals surface area contributed by atoms with E-state index in [1.165, 1.54) is 5.48 Å². The first kappa shape index (κ1) is 13.3. The molecule has 2 aromatic rings. The molecule has 2 rings (SSSR count). The number of benzene rings is 2. The number of hydrogen-bond donors (Lipinski definition) is 3. The van der Waals surface area contributed by atoms with Crippen LogP contribution in [-0.2, 0) is 4.79 Å². The lowest BCUT2D eigenvalue weighted by Gasteiger charge is -2.13. The van der Waals surface area contributed by atoms with Crippen molar-refractivity contribution in [2.75, 3.05) is 6.61 Å². The number of nitrogens with one attached hydrogen (secondary N) is 1. The van der Waals surface area contributed by atoms with E-state index in [1.54, 1.807) is 6.07 Å². The minimum atomic E-state index is -0.967. The molecule has 19 heavy (non-hydrogen) atoms. The molecular weight excluding hydrogens is 246 g/mol. The number of carbonyl (C=O) groups excluding carboxylic acids is 1. The van der Waals surface area contributed by atoms with E-state index in [9.17, 15) is 9.90 Å². The summed E-state index contributed by atoms with van der Waals surface area (Å²) in [6.07, 6.45) is -1.17. The van der Waals surface area contributed by atoms with E-state index in [-0.39, 0.29) is 13.0 Å². The summed E-state index contributed by atoms with van der Waals surface area (Å²) in [6.45, 7) is -0.0125. The highest BCUT2D eigenvalue weighted by Gasteiger charge is 2.11. The molecule has 0 bridgehead atoms. The van der Waals surface area contributed by atoms with Crippen LogP contribution in [0.1, 0.15) is 6.42 Å². The highest BCUT2D eigenvalue weighted by molar-refractivity contribution is 5.88. The Morgan fingerprint density at radius 1 is 1.21 bits per heavy atom. The van der Waals surface area contributed by atoms with Gasteiger partial charge < -0.3 is 9.84 Å². The Morgan fingerprint density at radius 3 is 2.74 bits per heavy atom. The molecule has 1 atom stereocenters. The lowest BCUT2D eigenvalue weighted by atomic mass is 10.1. The Balaban J connectivity index is 2.04. The summed E-state index contributed by atoms with van der Waals surface area (Å²) in [5.41, 5.74) is 1.47. The fraction of sp³-hybridized carbons (Fsp3) is 0.214. The predicted octanol–water partition coefficient (Wildman–Crippen LogP) is 1.47. The Labute approximate surface area is 110 Å². The van der Waals surface area contributed by atoms with Gasteiger partial charge in [0.25, 0.3) is 0 Å². The topological polar surface area (TPSA) is 78.8 Å². The van der Waals surface area contributed by atoms with E-state index in [0.717, 1.165) is 10.8 Å². The molecule has 2 aromatic carbocycles. The highest BCUT2D eigenvalue weighted by atomic mass is 16.5. The third kappa shape index (κ3) is 3.43. The van der Waals surface area contributed by atoms with Gasteiger partial charge in [-0.2, -0.15) is 0 Å². The number of aliphatic hydroxyl groups excluding tert-OH is 1. The fourth-order valence-corrected chi connectivity index (χ4v) is 1.83. The molecule has 0 saturated carbocycles. The molecule has 0 radical (unpaired) electrons. The van der Waals surface area contributed by atoms with Gasteiger partial charge in [-0.1, -0.05) is 36.4 Å². The Kier molecular flexibility index (Phi) is 4.33. The van der Waals surface area contributed by atoms with Crippen molar-refractivity contribution < 1.29 is 19.8 Å². The fourth-order valence-electron chi connectivity index (χ4n) is 1.83. The standard InChI is InChI=1S/C14H15NO4/c16-11(8-14(17)15-18)9-19-13-7-3-5-10-4-1-2-6-12(10)13/h1-7,11,16,18H,8-9H2,(H,15,17). The minimum absolute atomic E-state index is 0.0125. The van der Waals surface area contributed by atoms with Gasteiger partial charge in [0.05, 0.1) is 12.5 Å². The van der Waals surface area contributed by atoms with Crippen LogP contribution in [0.5, 0.6) is 5.75 Å². The molecule has 0 heterocycles. The van der Waals surface area contributed by atoms with Crippen LogP contribution in [0.3, 0.4) is 0 Å². The molecule has 0 aliphatic heterocycles. The normalized spacial score (nSPS) is 12.1. The summed E-state index contributed by atoms with van der Waals surface area (Å²) < 4.78 is 5.51.